The van der Waals surface area contributed by atoms with Gasteiger partial charge in [0.25, 0.3) is 0 Å². The van der Waals surface area contributed by atoms with Gasteiger partial charge in [-0.1, -0.05) is 13.8 Å². The molecule has 0 aliphatic carbocycles. The van der Waals surface area contributed by atoms with Gasteiger partial charge in [0, 0.05) is 20.1 Å². The minimum absolute atomic E-state index is 0.699. The highest BCUT2D eigenvalue weighted by Crippen LogP contribution is 2.26. The summed E-state index contributed by atoms with van der Waals surface area (Å²) in [6, 6.07) is 0. The lowest BCUT2D eigenvalue weighted by Gasteiger charge is -2.21. The molecule has 0 radical (unpaired) electrons. The predicted molar refractivity (Wildman–Crippen MR) is 72.8 cm³/mol. The molecule has 96 valence electrons. The van der Waals surface area contributed by atoms with E-state index in [1.165, 1.54) is 19.3 Å². The third-order valence-corrected chi connectivity index (χ3v) is 4.22. The fraction of sp³-hybridized carbons (Fsp3) is 0.833. The molecule has 1 aliphatic rings. The second-order valence-electron chi connectivity index (χ2n) is 5.31. The molecule has 0 amide bonds. The molecular weight excluding hydrogens is 232 g/mol. The van der Waals surface area contributed by atoms with Crippen LogP contribution in [0.1, 0.15) is 33.1 Å². The van der Waals surface area contributed by atoms with Gasteiger partial charge in [-0.25, -0.2) is 5.10 Å². The Kier molecular flexibility index (Phi) is 3.86. The van der Waals surface area contributed by atoms with Crippen molar-refractivity contribution in [3.8, 4) is 0 Å². The summed E-state index contributed by atoms with van der Waals surface area (Å²) >= 11 is 5.16. The minimum atomic E-state index is 0.699. The Balaban J connectivity index is 2.09. The maximum atomic E-state index is 5.16. The van der Waals surface area contributed by atoms with Crippen molar-refractivity contribution in [1.82, 2.24) is 14.8 Å². The quantitative estimate of drug-likeness (QED) is 0.825. The van der Waals surface area contributed by atoms with Gasteiger partial charge in [0.05, 0.1) is 0 Å². The Bertz CT molecular complexity index is 420. The number of hydrogen-bond acceptors (Lipinski definition) is 3. The Morgan fingerprint density at radius 3 is 2.71 bits per heavy atom. The zero-order chi connectivity index (χ0) is 12.4. The van der Waals surface area contributed by atoms with E-state index in [2.05, 4.69) is 28.9 Å². The molecule has 0 spiro atoms. The highest BCUT2D eigenvalue weighted by molar-refractivity contribution is 7.71. The minimum Gasteiger partial charge on any atom is -0.341 e. The fourth-order valence-electron chi connectivity index (χ4n) is 2.61. The summed E-state index contributed by atoms with van der Waals surface area (Å²) < 4.78 is 2.66. The summed E-state index contributed by atoms with van der Waals surface area (Å²) in [6.45, 7) is 6.85. The van der Waals surface area contributed by atoms with Gasteiger partial charge >= 0.3 is 0 Å². The van der Waals surface area contributed by atoms with E-state index in [0.29, 0.717) is 4.77 Å². The van der Waals surface area contributed by atoms with Crippen molar-refractivity contribution < 1.29 is 0 Å². The third-order valence-electron chi connectivity index (χ3n) is 3.85. The number of nitrogens with one attached hydrogen (secondary N) is 1. The van der Waals surface area contributed by atoms with Crippen LogP contribution in [0.4, 0.5) is 5.95 Å². The first-order valence-electron chi connectivity index (χ1n) is 6.46. The zero-order valence-corrected chi connectivity index (χ0v) is 11.8. The van der Waals surface area contributed by atoms with Crippen LogP contribution in [0.25, 0.3) is 0 Å². The van der Waals surface area contributed by atoms with Gasteiger partial charge in [-0.3, -0.25) is 4.57 Å². The van der Waals surface area contributed by atoms with Gasteiger partial charge in [-0.15, -0.1) is 5.10 Å². The van der Waals surface area contributed by atoms with Crippen LogP contribution in [0.2, 0.25) is 0 Å². The summed E-state index contributed by atoms with van der Waals surface area (Å²) in [7, 11) is 1.98. The Morgan fingerprint density at radius 1 is 1.35 bits per heavy atom. The van der Waals surface area contributed by atoms with Crippen molar-refractivity contribution in [3.63, 3.8) is 0 Å². The lowest BCUT2D eigenvalue weighted by molar-refractivity contribution is 0.351. The maximum absolute atomic E-state index is 5.16. The molecule has 2 rings (SSSR count). The van der Waals surface area contributed by atoms with Gasteiger partial charge in [0.2, 0.25) is 5.95 Å². The molecular formula is C12H22N4S. The van der Waals surface area contributed by atoms with Crippen LogP contribution < -0.4 is 4.90 Å². The molecule has 1 aromatic heterocycles. The Labute approximate surface area is 108 Å². The number of aromatic nitrogens is 3. The van der Waals surface area contributed by atoms with Crippen LogP contribution in [0.15, 0.2) is 0 Å². The molecule has 1 N–H and O–H groups in total. The molecule has 1 atom stereocenters. The van der Waals surface area contributed by atoms with E-state index in [0.717, 1.165) is 30.9 Å². The summed E-state index contributed by atoms with van der Waals surface area (Å²) in [5.74, 6) is 2.63. The number of nitrogens with zero attached hydrogens (tertiary/aromatic N) is 3. The normalized spacial score (nSPS) is 21.9. The molecule has 1 unspecified atom stereocenters. The lowest BCUT2D eigenvalue weighted by Crippen LogP contribution is -2.27. The predicted octanol–water partition coefficient (Wildman–Crippen LogP) is 2.74. The van der Waals surface area contributed by atoms with Gasteiger partial charge in [0.15, 0.2) is 4.77 Å². The van der Waals surface area contributed by atoms with E-state index in [4.69, 9.17) is 12.2 Å². The van der Waals surface area contributed by atoms with E-state index in [-0.39, 0.29) is 0 Å². The summed E-state index contributed by atoms with van der Waals surface area (Å²) in [5.41, 5.74) is 0. The zero-order valence-electron chi connectivity index (χ0n) is 10.9. The first-order valence-corrected chi connectivity index (χ1v) is 6.86. The maximum Gasteiger partial charge on any atom is 0.225 e. The van der Waals surface area contributed by atoms with E-state index in [1.54, 1.807) is 0 Å². The fourth-order valence-corrected chi connectivity index (χ4v) is 2.74. The van der Waals surface area contributed by atoms with E-state index >= 15 is 0 Å². The molecule has 1 fully saturated rings. The second kappa shape index (κ2) is 5.21. The average Bonchev–Trinajstić information content (AvgIpc) is 2.55. The van der Waals surface area contributed by atoms with Gasteiger partial charge in [-0.05, 0) is 43.3 Å². The van der Waals surface area contributed by atoms with Crippen LogP contribution in [0, 0.1) is 16.6 Å². The average molecular weight is 254 g/mol. The first kappa shape index (κ1) is 12.6. The van der Waals surface area contributed by atoms with Crippen molar-refractivity contribution in [3.05, 3.63) is 4.77 Å². The highest BCUT2D eigenvalue weighted by atomic mass is 32.1. The van der Waals surface area contributed by atoms with Gasteiger partial charge < -0.3 is 4.90 Å². The topological polar surface area (TPSA) is 36.9 Å². The molecule has 0 bridgehead atoms. The van der Waals surface area contributed by atoms with Crippen molar-refractivity contribution in [1.29, 1.82) is 0 Å². The third kappa shape index (κ3) is 2.70. The van der Waals surface area contributed by atoms with Crippen molar-refractivity contribution in [2.45, 2.75) is 33.1 Å². The van der Waals surface area contributed by atoms with Crippen molar-refractivity contribution in [2.24, 2.45) is 18.9 Å². The smallest absolute Gasteiger partial charge is 0.225 e. The van der Waals surface area contributed by atoms with Gasteiger partial charge in [0.1, 0.15) is 0 Å². The van der Waals surface area contributed by atoms with E-state index in [9.17, 15) is 0 Å². The standard InChI is InChI=1S/C12H22N4S/c1-9(2)10-5-4-7-16(8-6-10)11-13-14-12(17)15(11)3/h9-10H,4-8H2,1-3H3,(H,14,17). The molecule has 2 heterocycles. The van der Waals surface area contributed by atoms with Gasteiger partial charge in [-0.2, -0.15) is 0 Å². The monoisotopic (exact) mass is 254 g/mol. The number of aromatic amines is 1. The number of rotatable bonds is 2. The second-order valence-corrected chi connectivity index (χ2v) is 5.70. The molecule has 1 aromatic rings. The summed E-state index contributed by atoms with van der Waals surface area (Å²) in [5, 5.41) is 7.18. The van der Waals surface area contributed by atoms with Crippen LogP contribution in [0.5, 0.6) is 0 Å². The molecule has 17 heavy (non-hydrogen) atoms. The van der Waals surface area contributed by atoms with Crippen molar-refractivity contribution >= 4 is 18.2 Å². The first-order chi connectivity index (χ1) is 8.09. The summed E-state index contributed by atoms with van der Waals surface area (Å²) in [4.78, 5) is 2.36. The summed E-state index contributed by atoms with van der Waals surface area (Å²) in [6.07, 6.45) is 3.85. The molecule has 1 saturated heterocycles. The van der Waals surface area contributed by atoms with E-state index in [1.807, 2.05) is 11.6 Å². The SMILES string of the molecule is CC(C)C1CCCN(c2n[nH]c(=S)n2C)CC1. The molecule has 0 saturated carbocycles. The van der Waals surface area contributed by atoms with E-state index < -0.39 is 0 Å². The molecule has 1 aliphatic heterocycles. The lowest BCUT2D eigenvalue weighted by atomic mass is 9.89. The van der Waals surface area contributed by atoms with Crippen LogP contribution in [0.3, 0.4) is 0 Å². The molecule has 4 nitrogen and oxygen atoms in total. The molecule has 0 aromatic carbocycles. The van der Waals surface area contributed by atoms with Crippen molar-refractivity contribution in [2.75, 3.05) is 18.0 Å². The number of anilines is 1. The molecule has 5 heteroatoms. The highest BCUT2D eigenvalue weighted by Gasteiger charge is 2.21. The Hall–Kier alpha value is -0.840. The largest absolute Gasteiger partial charge is 0.341 e. The van der Waals surface area contributed by atoms with Crippen LogP contribution in [-0.4, -0.2) is 27.9 Å². The Morgan fingerprint density at radius 2 is 2.12 bits per heavy atom. The van der Waals surface area contributed by atoms with Crippen LogP contribution in [-0.2, 0) is 7.05 Å². The van der Waals surface area contributed by atoms with Crippen LogP contribution >= 0.6 is 12.2 Å². The number of H-pyrrole nitrogens is 1. The number of hydrogen-bond donors (Lipinski definition) is 1.